The summed E-state index contributed by atoms with van der Waals surface area (Å²) in [5.74, 6) is 0. The Hall–Kier alpha value is -0.740. The lowest BCUT2D eigenvalue weighted by Crippen LogP contribution is -2.33. The van der Waals surface area contributed by atoms with E-state index in [0.29, 0.717) is 0 Å². The van der Waals surface area contributed by atoms with E-state index in [1.807, 2.05) is 18.2 Å². The van der Waals surface area contributed by atoms with Gasteiger partial charge in [0, 0.05) is 6.54 Å². The van der Waals surface area contributed by atoms with Crippen LogP contribution < -0.4 is 0 Å². The molecule has 0 aromatic heterocycles. The molecule has 2 nitrogen and oxygen atoms in total. The summed E-state index contributed by atoms with van der Waals surface area (Å²) >= 11 is 0. The van der Waals surface area contributed by atoms with Gasteiger partial charge < -0.3 is 0 Å². The van der Waals surface area contributed by atoms with Crippen molar-refractivity contribution in [2.45, 2.75) is 63.8 Å². The molecule has 1 saturated heterocycles. The fraction of sp³-hybridized carbons (Fsp3) is 0.647. The lowest BCUT2D eigenvalue weighted by Gasteiger charge is -2.25. The molecule has 1 heterocycles. The Morgan fingerprint density at radius 2 is 1.86 bits per heavy atom. The number of nitrogens with zero attached hydrogens (tertiary/aromatic N) is 1. The third-order valence-electron chi connectivity index (χ3n) is 4.22. The molecule has 0 radical (unpaired) electrons. The Kier molecular flexibility index (Phi) is 4.89. The van der Waals surface area contributed by atoms with Crippen molar-refractivity contribution in [3.63, 3.8) is 0 Å². The van der Waals surface area contributed by atoms with Crippen LogP contribution in [0.3, 0.4) is 0 Å². The predicted molar refractivity (Wildman–Crippen MR) is 86.7 cm³/mol. The van der Waals surface area contributed by atoms with E-state index in [2.05, 4.69) is 32.9 Å². The van der Waals surface area contributed by atoms with Crippen LogP contribution in [-0.2, 0) is 16.4 Å². The summed E-state index contributed by atoms with van der Waals surface area (Å²) in [7, 11) is -1.25. The Labute approximate surface area is 130 Å². The fourth-order valence-electron chi connectivity index (χ4n) is 2.96. The molecule has 21 heavy (non-hydrogen) atoms. The van der Waals surface area contributed by atoms with Gasteiger partial charge in [-0.1, -0.05) is 32.9 Å². The largest absolute Gasteiger partial charge is 0.249 e. The maximum Gasteiger partial charge on any atom is 0.128 e. The van der Waals surface area contributed by atoms with Gasteiger partial charge in [-0.3, -0.25) is 0 Å². The first-order valence-corrected chi connectivity index (χ1v) is 8.72. The summed E-state index contributed by atoms with van der Waals surface area (Å²) in [6.45, 7) is 10.9. The van der Waals surface area contributed by atoms with Gasteiger partial charge in [-0.05, 0) is 48.8 Å². The van der Waals surface area contributed by atoms with Gasteiger partial charge >= 0.3 is 0 Å². The first kappa shape index (κ1) is 16.6. The predicted octanol–water partition coefficient (Wildman–Crippen LogP) is 4.06. The van der Waals surface area contributed by atoms with E-state index >= 15 is 0 Å². The van der Waals surface area contributed by atoms with Gasteiger partial charge in [-0.2, -0.15) is 0 Å². The molecule has 0 spiro atoms. The number of rotatable bonds is 3. The first-order chi connectivity index (χ1) is 9.75. The highest BCUT2D eigenvalue weighted by Crippen LogP contribution is 2.31. The second-order valence-corrected chi connectivity index (χ2v) is 8.40. The highest BCUT2D eigenvalue weighted by Gasteiger charge is 2.31. The molecule has 0 saturated carbocycles. The van der Waals surface area contributed by atoms with Crippen molar-refractivity contribution >= 4 is 11.0 Å². The molecule has 0 bridgehead atoms. The Bertz CT molecular complexity index is 527. The maximum absolute atomic E-state index is 13.1. The molecule has 0 amide bonds. The van der Waals surface area contributed by atoms with E-state index in [1.165, 1.54) is 5.56 Å². The lowest BCUT2D eigenvalue weighted by atomic mass is 9.85. The first-order valence-electron chi connectivity index (χ1n) is 7.62. The van der Waals surface area contributed by atoms with Crippen molar-refractivity contribution in [2.24, 2.45) is 0 Å². The van der Waals surface area contributed by atoms with Crippen molar-refractivity contribution in [3.8, 4) is 0 Å². The van der Waals surface area contributed by atoms with E-state index in [4.69, 9.17) is 0 Å². The summed E-state index contributed by atoms with van der Waals surface area (Å²) in [5, 5.41) is 0. The fourth-order valence-corrected chi connectivity index (χ4v) is 4.59. The second kappa shape index (κ2) is 6.17. The average molecular weight is 311 g/mol. The van der Waals surface area contributed by atoms with E-state index < -0.39 is 17.7 Å². The SMILES string of the molecule is Cc1cc(C(C)(C)C)cc(C)c1S(=O)N1CCCC1CF. The maximum atomic E-state index is 13.1. The van der Waals surface area contributed by atoms with Crippen LogP contribution in [0, 0.1) is 13.8 Å². The van der Waals surface area contributed by atoms with E-state index in [1.54, 1.807) is 0 Å². The smallest absolute Gasteiger partial charge is 0.128 e. The van der Waals surface area contributed by atoms with Crippen LogP contribution >= 0.6 is 0 Å². The lowest BCUT2D eigenvalue weighted by molar-refractivity contribution is 0.323. The third-order valence-corrected chi connectivity index (χ3v) is 6.12. The second-order valence-electron chi connectivity index (χ2n) is 7.03. The van der Waals surface area contributed by atoms with E-state index in [0.717, 1.165) is 35.4 Å². The normalized spacial score (nSPS) is 21.7. The van der Waals surface area contributed by atoms with Gasteiger partial charge in [0.2, 0.25) is 0 Å². The van der Waals surface area contributed by atoms with Gasteiger partial charge in [0.1, 0.15) is 17.7 Å². The van der Waals surface area contributed by atoms with Crippen molar-refractivity contribution in [2.75, 3.05) is 13.2 Å². The van der Waals surface area contributed by atoms with Crippen molar-refractivity contribution in [1.82, 2.24) is 4.31 Å². The molecule has 1 fully saturated rings. The van der Waals surface area contributed by atoms with Crippen molar-refractivity contribution in [3.05, 3.63) is 28.8 Å². The number of benzene rings is 1. The highest BCUT2D eigenvalue weighted by molar-refractivity contribution is 7.82. The molecule has 118 valence electrons. The summed E-state index contributed by atoms with van der Waals surface area (Å²) in [4.78, 5) is 0.864. The zero-order valence-corrected chi connectivity index (χ0v) is 14.5. The molecule has 4 heteroatoms. The van der Waals surface area contributed by atoms with Crippen LogP contribution in [0.15, 0.2) is 17.0 Å². The summed E-state index contributed by atoms with van der Waals surface area (Å²) < 4.78 is 27.8. The number of alkyl halides is 1. The zero-order chi connectivity index (χ0) is 15.8. The number of halogens is 1. The van der Waals surface area contributed by atoms with Gasteiger partial charge in [0.05, 0.1) is 10.9 Å². The molecule has 0 aliphatic carbocycles. The molecule has 1 aromatic carbocycles. The molecule has 2 rings (SSSR count). The van der Waals surface area contributed by atoms with Crippen LogP contribution in [0.4, 0.5) is 4.39 Å². The van der Waals surface area contributed by atoms with Gasteiger partial charge in [0.25, 0.3) is 0 Å². The number of hydrogen-bond acceptors (Lipinski definition) is 1. The van der Waals surface area contributed by atoms with Crippen LogP contribution in [0.2, 0.25) is 0 Å². The van der Waals surface area contributed by atoms with Crippen molar-refractivity contribution < 1.29 is 8.60 Å². The molecule has 0 N–H and O–H groups in total. The minimum atomic E-state index is -1.25. The third kappa shape index (κ3) is 3.37. The van der Waals surface area contributed by atoms with Crippen molar-refractivity contribution in [1.29, 1.82) is 0 Å². The number of hydrogen-bond donors (Lipinski definition) is 0. The molecule has 1 aromatic rings. The molecular formula is C17H26FNOS. The Morgan fingerprint density at radius 3 is 2.33 bits per heavy atom. The molecule has 1 aliphatic rings. The topological polar surface area (TPSA) is 20.3 Å². The molecule has 1 aliphatic heterocycles. The summed E-state index contributed by atoms with van der Waals surface area (Å²) in [5.41, 5.74) is 3.41. The highest BCUT2D eigenvalue weighted by atomic mass is 32.2. The van der Waals surface area contributed by atoms with Gasteiger partial charge in [-0.15, -0.1) is 0 Å². The van der Waals surface area contributed by atoms with Gasteiger partial charge in [0.15, 0.2) is 0 Å². The monoisotopic (exact) mass is 311 g/mol. The van der Waals surface area contributed by atoms with Crippen LogP contribution in [0.5, 0.6) is 0 Å². The van der Waals surface area contributed by atoms with Crippen LogP contribution in [-0.4, -0.2) is 27.8 Å². The molecule has 2 unspecified atom stereocenters. The van der Waals surface area contributed by atoms with Crippen LogP contribution in [0.1, 0.15) is 50.3 Å². The van der Waals surface area contributed by atoms with Gasteiger partial charge in [-0.25, -0.2) is 12.9 Å². The van der Waals surface area contributed by atoms with E-state index in [-0.39, 0.29) is 11.5 Å². The summed E-state index contributed by atoms with van der Waals surface area (Å²) in [6, 6.07) is 4.06. The standard InChI is InChI=1S/C17H26FNOS/c1-12-9-14(17(3,4)5)10-13(2)16(12)21(20)19-8-6-7-15(19)11-18/h9-10,15H,6-8,11H2,1-5H3. The quantitative estimate of drug-likeness (QED) is 0.824. The average Bonchev–Trinajstić information content (AvgIpc) is 2.84. The van der Waals surface area contributed by atoms with Crippen LogP contribution in [0.25, 0.3) is 0 Å². The zero-order valence-electron chi connectivity index (χ0n) is 13.7. The minimum absolute atomic E-state index is 0.0741. The minimum Gasteiger partial charge on any atom is -0.249 e. The molecular weight excluding hydrogens is 285 g/mol. The molecule has 2 atom stereocenters. The number of aryl methyl sites for hydroxylation is 2. The Morgan fingerprint density at radius 1 is 1.29 bits per heavy atom. The summed E-state index contributed by atoms with van der Waals surface area (Å²) in [6.07, 6.45) is 1.74. The van der Waals surface area contributed by atoms with E-state index in [9.17, 15) is 8.60 Å². The Balaban J connectivity index is 2.38.